The lowest BCUT2D eigenvalue weighted by Gasteiger charge is -2.29. The fourth-order valence-electron chi connectivity index (χ4n) is 11.7. The summed E-state index contributed by atoms with van der Waals surface area (Å²) in [5.74, 6) is -2.70. The van der Waals surface area contributed by atoms with Gasteiger partial charge in [-0.25, -0.2) is 61.0 Å². The number of carbonyl (C=O) groups is 2. The smallest absolute Gasteiger partial charge is 0.414 e. The zero-order valence-corrected chi connectivity index (χ0v) is 51.7. The highest BCUT2D eigenvalue weighted by Crippen LogP contribution is 2.38. The van der Waals surface area contributed by atoms with E-state index in [2.05, 4.69) is 50.5 Å². The van der Waals surface area contributed by atoms with Gasteiger partial charge in [0.25, 0.3) is 5.91 Å². The van der Waals surface area contributed by atoms with Crippen LogP contribution in [0.3, 0.4) is 0 Å². The second kappa shape index (κ2) is 27.3. The maximum Gasteiger partial charge on any atom is 0.414 e. The molecule has 3 aliphatic heterocycles. The summed E-state index contributed by atoms with van der Waals surface area (Å²) >= 11 is 0. The van der Waals surface area contributed by atoms with Crippen molar-refractivity contribution in [1.29, 1.82) is 0 Å². The summed E-state index contributed by atoms with van der Waals surface area (Å²) in [4.78, 5) is 53.4. The Morgan fingerprint density at radius 1 is 0.459 bits per heavy atom. The molecule has 1 unspecified atom stereocenters. The van der Waals surface area contributed by atoms with Gasteiger partial charge in [0, 0.05) is 52.5 Å². The molecule has 2 amide bonds. The molecule has 3 fully saturated rings. The fraction of sp³-hybridized carbons (Fsp3) is 0.197. The van der Waals surface area contributed by atoms with E-state index in [1.807, 2.05) is 4.90 Å². The SMILES string of the molecule is Nc1nc(-c2nn(Cc3ccccc3F)c3c(F)cccc23)nc(N)c1N1CCOC1=O.Nc1nc(-c2nn(Cc3ccccc3F)c3c(F)cccc23)nc(N)c1N1CCOCC1.Nc1nc(-c2nn(Cc3ccccc3F)c3c(F)cccc23)nc(N)c1NC(=O)C1CCCO1. The summed E-state index contributed by atoms with van der Waals surface area (Å²) in [7, 11) is 0. The van der Waals surface area contributed by atoms with Crippen molar-refractivity contribution in [2.24, 2.45) is 0 Å². The van der Waals surface area contributed by atoms with Crippen LogP contribution in [0.15, 0.2) is 127 Å². The summed E-state index contributed by atoms with van der Waals surface area (Å²) in [6, 6.07) is 32.2. The van der Waals surface area contributed by atoms with Crippen molar-refractivity contribution in [2.45, 2.75) is 38.6 Å². The van der Waals surface area contributed by atoms with E-state index < -0.39 is 47.1 Å². The van der Waals surface area contributed by atoms with Crippen LogP contribution in [-0.4, -0.2) is 123 Å². The number of carbonyl (C=O) groups excluding carboxylic acids is 2. The van der Waals surface area contributed by atoms with Gasteiger partial charge in [-0.1, -0.05) is 91.0 Å². The van der Waals surface area contributed by atoms with Crippen LogP contribution >= 0.6 is 0 Å². The number of fused-ring (bicyclic) bond motifs is 3. The van der Waals surface area contributed by atoms with E-state index in [9.17, 15) is 35.9 Å². The van der Waals surface area contributed by atoms with Crippen LogP contribution in [0, 0.1) is 34.9 Å². The first-order valence-electron chi connectivity index (χ1n) is 30.5. The van der Waals surface area contributed by atoms with Crippen LogP contribution in [0.2, 0.25) is 0 Å². The van der Waals surface area contributed by atoms with Gasteiger partial charge in [0.15, 0.2) is 52.4 Å². The highest BCUT2D eigenvalue weighted by molar-refractivity contribution is 6.01. The monoisotopic (exact) mass is 1340 g/mol. The number of nitrogens with two attached hydrogens (primary N) is 6. The Labute approximate surface area is 551 Å². The first-order valence-corrected chi connectivity index (χ1v) is 30.5. The third-order valence-corrected chi connectivity index (χ3v) is 16.3. The molecule has 98 heavy (non-hydrogen) atoms. The molecule has 3 aliphatic rings. The number of amides is 2. The summed E-state index contributed by atoms with van der Waals surface area (Å²) in [5, 5.41) is 17.4. The van der Waals surface area contributed by atoms with Gasteiger partial charge in [-0.2, -0.15) is 15.3 Å². The number of aromatic nitrogens is 12. The number of nitrogens with zero attached hydrogens (tertiary/aromatic N) is 14. The van der Waals surface area contributed by atoms with Gasteiger partial charge in [-0.15, -0.1) is 0 Å². The molecule has 3 saturated heterocycles. The number of nitrogen functional groups attached to an aromatic ring is 6. The Morgan fingerprint density at radius 3 is 1.20 bits per heavy atom. The number of halogens is 6. The second-order valence-electron chi connectivity index (χ2n) is 22.6. The third-order valence-electron chi connectivity index (χ3n) is 16.3. The summed E-state index contributed by atoms with van der Waals surface area (Å²) < 4.78 is 107. The first kappa shape index (κ1) is 64.5. The fourth-order valence-corrected chi connectivity index (χ4v) is 11.7. The number of nitrogens with one attached hydrogen (secondary N) is 1. The molecule has 0 spiro atoms. The summed E-state index contributed by atoms with van der Waals surface area (Å²) in [5.41, 5.74) is 40.0. The van der Waals surface area contributed by atoms with Gasteiger partial charge >= 0.3 is 6.09 Å². The molecule has 0 bridgehead atoms. The van der Waals surface area contributed by atoms with Crippen LogP contribution in [0.4, 0.5) is 83.1 Å². The van der Waals surface area contributed by atoms with Gasteiger partial charge in [0.05, 0.1) is 39.4 Å². The van der Waals surface area contributed by atoms with Gasteiger partial charge < -0.3 is 58.8 Å². The maximum absolute atomic E-state index is 14.8. The zero-order valence-electron chi connectivity index (χ0n) is 51.7. The van der Waals surface area contributed by atoms with E-state index in [-0.39, 0.29) is 130 Å². The third kappa shape index (κ3) is 12.8. The van der Waals surface area contributed by atoms with Crippen molar-refractivity contribution in [2.75, 3.05) is 95.6 Å². The van der Waals surface area contributed by atoms with Crippen molar-refractivity contribution in [3.63, 3.8) is 0 Å². The predicted molar refractivity (Wildman–Crippen MR) is 354 cm³/mol. The van der Waals surface area contributed by atoms with Crippen molar-refractivity contribution in [3.8, 4) is 34.6 Å². The Morgan fingerprint density at radius 2 is 0.837 bits per heavy atom. The lowest BCUT2D eigenvalue weighted by Crippen LogP contribution is -2.37. The number of cyclic esters (lactones) is 1. The number of benzene rings is 6. The number of hydrogen-bond acceptors (Lipinski definition) is 21. The minimum Gasteiger partial charge on any atom is -0.447 e. The van der Waals surface area contributed by atoms with Crippen molar-refractivity contribution >= 4 is 96.7 Å². The van der Waals surface area contributed by atoms with E-state index >= 15 is 0 Å². The van der Waals surface area contributed by atoms with E-state index in [1.165, 1.54) is 67.5 Å². The minimum atomic E-state index is -0.596. The number of morpholine rings is 1. The van der Waals surface area contributed by atoms with Gasteiger partial charge in [0.2, 0.25) is 0 Å². The number of anilines is 9. The molecular weight excluding hydrogens is 1280 g/mol. The minimum absolute atomic E-state index is 0.00717. The second-order valence-corrected chi connectivity index (χ2v) is 22.6. The Bertz CT molecular complexity index is 4990. The molecule has 13 N–H and O–H groups in total. The van der Waals surface area contributed by atoms with E-state index in [4.69, 9.17) is 48.6 Å². The molecule has 15 rings (SSSR count). The van der Waals surface area contributed by atoms with Crippen molar-refractivity contribution in [3.05, 3.63) is 179 Å². The lowest BCUT2D eigenvalue weighted by molar-refractivity contribution is -0.124. The van der Waals surface area contributed by atoms with Crippen LogP contribution in [0.5, 0.6) is 0 Å². The molecule has 26 nitrogen and oxygen atoms in total. The molecular formula is C66H59F6N21O5. The molecule has 1 atom stereocenters. The number of hydrogen-bond donors (Lipinski definition) is 7. The zero-order chi connectivity index (χ0) is 68.5. The Balaban J connectivity index is 0.000000132. The first-order chi connectivity index (χ1) is 47.4. The van der Waals surface area contributed by atoms with Gasteiger partial charge in [-0.05, 0) is 49.2 Å². The Hall–Kier alpha value is -12.2. The molecule has 0 radical (unpaired) electrons. The van der Waals surface area contributed by atoms with Crippen LogP contribution < -0.4 is 49.5 Å². The van der Waals surface area contributed by atoms with Crippen molar-refractivity contribution in [1.82, 2.24) is 59.2 Å². The quantitative estimate of drug-likeness (QED) is 0.0530. The van der Waals surface area contributed by atoms with E-state index in [0.29, 0.717) is 83.6 Å². The highest BCUT2D eigenvalue weighted by Gasteiger charge is 2.32. The largest absolute Gasteiger partial charge is 0.447 e. The van der Waals surface area contributed by atoms with E-state index in [1.54, 1.807) is 78.9 Å². The predicted octanol–water partition coefficient (Wildman–Crippen LogP) is 8.86. The molecule has 12 aromatic rings. The summed E-state index contributed by atoms with van der Waals surface area (Å²) in [6.45, 7) is 3.38. The average Bonchev–Trinajstić information content (AvgIpc) is 1.61. The number of rotatable bonds is 13. The number of para-hydroxylation sites is 3. The molecule has 9 heterocycles. The molecule has 32 heteroatoms. The number of ether oxygens (including phenoxy) is 3. The van der Waals surface area contributed by atoms with Gasteiger partial charge in [-0.3, -0.25) is 23.7 Å². The van der Waals surface area contributed by atoms with Crippen LogP contribution in [0.25, 0.3) is 67.3 Å². The van der Waals surface area contributed by atoms with Crippen molar-refractivity contribution < 1.29 is 50.1 Å². The standard InChI is InChI=1S/C23H21F2N7O2.C22H21F2N7O.C21H17F2N7O2/c24-14-7-2-1-5-12(14)11-32-19-13(6-3-8-15(19)25)17(31-32)22-29-20(26)18(21(27)30-22)28-23(33)16-9-4-10-34-16;23-15-6-2-1-4-13(15)12-31-18-14(5-3-7-16(18)24)17(29-31)22-27-20(25)19(21(26)28-22)30-8-10-32-11-9-30;22-13-6-2-1-4-11(13)10-30-16-12(5-3-7-14(16)23)15(28-30)20-26-18(24)17(19(25)27-20)29-8-9-32-21(29)31/h1-3,5-8,16H,4,9-11H2,(H,28,33)(H4,26,27,29,30);1-7H,8-12H2,(H4,25,26,27,28);1-7H,8-10H2,(H4,24,25,26,27). The normalized spacial score (nSPS) is 14.6. The molecule has 6 aromatic carbocycles. The van der Waals surface area contributed by atoms with Gasteiger partial charge in [0.1, 0.15) is 98.3 Å². The van der Waals surface area contributed by atoms with Crippen LogP contribution in [-0.2, 0) is 38.6 Å². The molecule has 0 saturated carbocycles. The topological polar surface area (TPSA) is 367 Å². The van der Waals surface area contributed by atoms with Crippen LogP contribution in [0.1, 0.15) is 29.5 Å². The highest BCUT2D eigenvalue weighted by atomic mass is 19.1. The van der Waals surface area contributed by atoms with E-state index in [0.717, 1.165) is 6.42 Å². The average molecular weight is 1340 g/mol. The maximum atomic E-state index is 14.8. The molecule has 0 aliphatic carbocycles. The molecule has 500 valence electrons. The lowest BCUT2D eigenvalue weighted by atomic mass is 10.1. The molecule has 6 aromatic heterocycles. The Kier molecular flexibility index (Phi) is 18.0. The summed E-state index contributed by atoms with van der Waals surface area (Å²) in [6.07, 6.45) is 0.208.